The second-order valence-electron chi connectivity index (χ2n) is 1.53. The molecule has 0 N–H and O–H groups in total. The van der Waals surface area contributed by atoms with E-state index in [1.54, 1.807) is 0 Å². The van der Waals surface area contributed by atoms with Gasteiger partial charge in [0.25, 0.3) is 11.1 Å². The van der Waals surface area contributed by atoms with Crippen LogP contribution in [0.1, 0.15) is 0 Å². The highest BCUT2D eigenvalue weighted by atomic mass is 35.5. The van der Waals surface area contributed by atoms with Gasteiger partial charge in [0.2, 0.25) is 0 Å². The summed E-state index contributed by atoms with van der Waals surface area (Å²) in [7, 11) is 0. The SMILES string of the molecule is O=c1ccc(=O)n(Cl)n1Cl. The maximum absolute atomic E-state index is 10.6. The lowest BCUT2D eigenvalue weighted by atomic mass is 10.6. The van der Waals surface area contributed by atoms with E-state index in [0.717, 1.165) is 12.1 Å². The van der Waals surface area contributed by atoms with Crippen molar-refractivity contribution in [3.8, 4) is 0 Å². The van der Waals surface area contributed by atoms with Crippen molar-refractivity contribution in [1.29, 1.82) is 0 Å². The third kappa shape index (κ3) is 1.08. The van der Waals surface area contributed by atoms with Gasteiger partial charge < -0.3 is 0 Å². The molecule has 1 rings (SSSR count). The molecule has 6 heteroatoms. The summed E-state index contributed by atoms with van der Waals surface area (Å²) in [6.07, 6.45) is 0. The summed E-state index contributed by atoms with van der Waals surface area (Å²) in [5.74, 6) is 0. The van der Waals surface area contributed by atoms with E-state index in [0.29, 0.717) is 8.40 Å². The number of aromatic nitrogens is 2. The molecular formula is C4H2Cl2N2O2. The molecule has 0 unspecified atom stereocenters. The average molecular weight is 181 g/mol. The van der Waals surface area contributed by atoms with Crippen molar-refractivity contribution >= 4 is 23.6 Å². The molecule has 10 heavy (non-hydrogen) atoms. The van der Waals surface area contributed by atoms with E-state index < -0.39 is 11.1 Å². The number of rotatable bonds is 0. The Morgan fingerprint density at radius 1 is 1.00 bits per heavy atom. The lowest BCUT2D eigenvalue weighted by Crippen LogP contribution is -2.27. The molecule has 0 fully saturated rings. The van der Waals surface area contributed by atoms with Gasteiger partial charge in [0.05, 0.1) is 0 Å². The maximum Gasteiger partial charge on any atom is 0.281 e. The fraction of sp³-hybridized carbons (Fsp3) is 0. The summed E-state index contributed by atoms with van der Waals surface area (Å²) in [6, 6.07) is 2.07. The van der Waals surface area contributed by atoms with Crippen LogP contribution in [0.3, 0.4) is 0 Å². The van der Waals surface area contributed by atoms with Gasteiger partial charge in [0.1, 0.15) is 0 Å². The van der Waals surface area contributed by atoms with E-state index in [4.69, 9.17) is 23.6 Å². The number of hydrogen-bond donors (Lipinski definition) is 0. The van der Waals surface area contributed by atoms with Crippen LogP contribution in [-0.2, 0) is 0 Å². The Balaban J connectivity index is 3.65. The molecule has 1 heterocycles. The Hall–Kier alpha value is -0.740. The topological polar surface area (TPSA) is 44.0 Å². The summed E-state index contributed by atoms with van der Waals surface area (Å²) in [4.78, 5) is 21.2. The number of halogens is 2. The van der Waals surface area contributed by atoms with Crippen LogP contribution in [0.5, 0.6) is 0 Å². The zero-order chi connectivity index (χ0) is 7.72. The average Bonchev–Trinajstić information content (AvgIpc) is 1.93. The van der Waals surface area contributed by atoms with Crippen molar-refractivity contribution in [2.75, 3.05) is 0 Å². The van der Waals surface area contributed by atoms with Gasteiger partial charge in [-0.15, -0.1) is 8.40 Å². The van der Waals surface area contributed by atoms with Crippen LogP contribution >= 0.6 is 23.6 Å². The Bertz CT molecular complexity index is 318. The van der Waals surface area contributed by atoms with Crippen LogP contribution in [0.25, 0.3) is 0 Å². The molecule has 0 radical (unpaired) electrons. The number of nitrogens with zero attached hydrogens (tertiary/aromatic N) is 2. The normalized spacial score (nSPS) is 9.80. The Morgan fingerprint density at radius 2 is 1.30 bits per heavy atom. The molecule has 0 aliphatic rings. The van der Waals surface area contributed by atoms with E-state index in [1.807, 2.05) is 0 Å². The standard InChI is InChI=1S/C4H2Cl2N2O2/c5-7-3(9)1-2-4(10)8(7)6/h1-2H. The Morgan fingerprint density at radius 3 is 1.60 bits per heavy atom. The molecule has 54 valence electrons. The van der Waals surface area contributed by atoms with Gasteiger partial charge in [0.15, 0.2) is 0 Å². The van der Waals surface area contributed by atoms with Crippen LogP contribution in [0.2, 0.25) is 0 Å². The quantitative estimate of drug-likeness (QED) is 0.565. The van der Waals surface area contributed by atoms with Gasteiger partial charge in [-0.1, -0.05) is 0 Å². The summed E-state index contributed by atoms with van der Waals surface area (Å²) in [6.45, 7) is 0. The molecule has 0 atom stereocenters. The van der Waals surface area contributed by atoms with Gasteiger partial charge in [-0.3, -0.25) is 9.59 Å². The van der Waals surface area contributed by atoms with E-state index in [1.165, 1.54) is 0 Å². The largest absolute Gasteiger partial charge is 0.281 e. The highest BCUT2D eigenvalue weighted by molar-refractivity contribution is 6.20. The minimum absolute atomic E-state index is 0.490. The molecule has 4 nitrogen and oxygen atoms in total. The van der Waals surface area contributed by atoms with Crippen LogP contribution in [0.4, 0.5) is 0 Å². The maximum atomic E-state index is 10.6. The van der Waals surface area contributed by atoms with Crippen molar-refractivity contribution in [1.82, 2.24) is 8.40 Å². The molecule has 1 aromatic heterocycles. The molecule has 0 saturated carbocycles. The molecule has 0 saturated heterocycles. The molecule has 0 amide bonds. The predicted molar refractivity (Wildman–Crippen MR) is 37.5 cm³/mol. The molecule has 0 aliphatic heterocycles. The first kappa shape index (κ1) is 7.37. The second kappa shape index (κ2) is 2.48. The second-order valence-corrected chi connectivity index (χ2v) is 2.17. The molecule has 1 aromatic rings. The van der Waals surface area contributed by atoms with Crippen LogP contribution in [0.15, 0.2) is 21.7 Å². The van der Waals surface area contributed by atoms with Crippen LogP contribution in [-0.4, -0.2) is 8.40 Å². The van der Waals surface area contributed by atoms with Gasteiger partial charge in [0, 0.05) is 35.7 Å². The highest BCUT2D eigenvalue weighted by Gasteiger charge is 1.97. The molecular weight excluding hydrogens is 179 g/mol. The zero-order valence-corrected chi connectivity index (χ0v) is 6.13. The van der Waals surface area contributed by atoms with Gasteiger partial charge >= 0.3 is 0 Å². The van der Waals surface area contributed by atoms with Crippen molar-refractivity contribution < 1.29 is 0 Å². The van der Waals surface area contributed by atoms with Crippen LogP contribution in [0, 0.1) is 0 Å². The third-order valence-electron chi connectivity index (χ3n) is 0.886. The number of hydrogen-bond acceptors (Lipinski definition) is 2. The van der Waals surface area contributed by atoms with Crippen molar-refractivity contribution in [2.24, 2.45) is 0 Å². The fourth-order valence-corrected chi connectivity index (χ4v) is 0.700. The lowest BCUT2D eigenvalue weighted by molar-refractivity contribution is 0.804. The highest BCUT2D eigenvalue weighted by Crippen LogP contribution is 1.82. The first-order chi connectivity index (χ1) is 4.63. The first-order valence-corrected chi connectivity index (χ1v) is 2.98. The third-order valence-corrected chi connectivity index (χ3v) is 1.60. The van der Waals surface area contributed by atoms with Crippen LogP contribution < -0.4 is 11.1 Å². The van der Waals surface area contributed by atoms with Crippen molar-refractivity contribution in [3.63, 3.8) is 0 Å². The summed E-state index contributed by atoms with van der Waals surface area (Å²) < 4.78 is 0.980. The molecule has 0 spiro atoms. The summed E-state index contributed by atoms with van der Waals surface area (Å²) in [5, 5.41) is 0. The van der Waals surface area contributed by atoms with Crippen molar-refractivity contribution in [2.45, 2.75) is 0 Å². The molecule has 0 bridgehead atoms. The Kier molecular flexibility index (Phi) is 1.82. The van der Waals surface area contributed by atoms with Gasteiger partial charge in [-0.2, -0.15) is 0 Å². The summed E-state index contributed by atoms with van der Waals surface area (Å²) >= 11 is 10.4. The van der Waals surface area contributed by atoms with E-state index in [9.17, 15) is 9.59 Å². The van der Waals surface area contributed by atoms with Gasteiger partial charge in [-0.25, -0.2) is 0 Å². The fourth-order valence-electron chi connectivity index (χ4n) is 0.439. The first-order valence-electron chi connectivity index (χ1n) is 2.30. The zero-order valence-electron chi connectivity index (χ0n) is 4.62. The van der Waals surface area contributed by atoms with E-state index in [-0.39, 0.29) is 0 Å². The van der Waals surface area contributed by atoms with E-state index >= 15 is 0 Å². The molecule has 0 aliphatic carbocycles. The lowest BCUT2D eigenvalue weighted by Gasteiger charge is -1.95. The Labute approximate surface area is 65.4 Å². The molecule has 0 aromatic carbocycles. The monoisotopic (exact) mass is 180 g/mol. The minimum atomic E-state index is -0.545. The van der Waals surface area contributed by atoms with E-state index in [2.05, 4.69) is 0 Å². The van der Waals surface area contributed by atoms with Crippen molar-refractivity contribution in [3.05, 3.63) is 32.8 Å². The summed E-state index contributed by atoms with van der Waals surface area (Å²) in [5.41, 5.74) is -1.09. The predicted octanol–water partition coefficient (Wildman–Crippen LogP) is 0.0138. The van der Waals surface area contributed by atoms with Gasteiger partial charge in [-0.05, 0) is 0 Å². The smallest absolute Gasteiger partial charge is 0.266 e. The minimum Gasteiger partial charge on any atom is -0.266 e.